The van der Waals surface area contributed by atoms with E-state index in [-0.39, 0.29) is 0 Å². The zero-order valence-corrected chi connectivity index (χ0v) is 7.95. The number of rotatable bonds is 2. The summed E-state index contributed by atoms with van der Waals surface area (Å²) in [5.74, 6) is 0. The molecule has 1 saturated heterocycles. The highest BCUT2D eigenvalue weighted by Crippen LogP contribution is 2.61. The summed E-state index contributed by atoms with van der Waals surface area (Å²) in [6.07, 6.45) is 9.42. The molecule has 2 rings (SSSR count). The van der Waals surface area contributed by atoms with E-state index in [2.05, 4.69) is 43.8 Å². The zero-order chi connectivity index (χ0) is 7.90. The first-order valence-electron chi connectivity index (χ1n) is 4.38. The van der Waals surface area contributed by atoms with E-state index in [1.54, 1.807) is 5.57 Å². The van der Waals surface area contributed by atoms with Gasteiger partial charge < -0.3 is 0 Å². The predicted molar refractivity (Wildman–Crippen MR) is 51.9 cm³/mol. The van der Waals surface area contributed by atoms with Gasteiger partial charge in [-0.3, -0.25) is 0 Å². The maximum absolute atomic E-state index is 2.38. The van der Waals surface area contributed by atoms with Crippen LogP contribution in [0, 0.1) is 0 Å². The van der Waals surface area contributed by atoms with E-state index < -0.39 is 0 Å². The Labute approximate surface area is 72.8 Å². The average Bonchev–Trinajstić information content (AvgIpc) is 2.78. The molecule has 2 atom stereocenters. The van der Waals surface area contributed by atoms with Crippen LogP contribution in [-0.2, 0) is 0 Å². The van der Waals surface area contributed by atoms with Crippen molar-refractivity contribution in [3.63, 3.8) is 0 Å². The van der Waals surface area contributed by atoms with E-state index in [0.29, 0.717) is 4.75 Å². The second kappa shape index (κ2) is 2.41. The van der Waals surface area contributed by atoms with Crippen molar-refractivity contribution < 1.29 is 0 Å². The highest BCUT2D eigenvalue weighted by Gasteiger charge is 2.54. The summed E-state index contributed by atoms with van der Waals surface area (Å²) in [5, 5.41) is 0.836. The Morgan fingerprint density at radius 3 is 3.00 bits per heavy atom. The normalized spacial score (nSPS) is 39.8. The topological polar surface area (TPSA) is 0 Å². The molecule has 0 aromatic carbocycles. The Balaban J connectivity index is 2.20. The number of allylic oxidation sites excluding steroid dienone is 2. The summed E-state index contributed by atoms with van der Waals surface area (Å²) >= 11 is 2.12. The van der Waals surface area contributed by atoms with Crippen LogP contribution < -0.4 is 0 Å². The molecule has 0 aromatic heterocycles. The van der Waals surface area contributed by atoms with Gasteiger partial charge in [0.05, 0.1) is 4.75 Å². The second-order valence-electron chi connectivity index (χ2n) is 3.26. The van der Waals surface area contributed by atoms with Gasteiger partial charge in [0.2, 0.25) is 0 Å². The van der Waals surface area contributed by atoms with E-state index in [1.807, 2.05) is 0 Å². The number of thioether (sulfide) groups is 1. The molecule has 0 aromatic rings. The fraction of sp³-hybridized carbons (Fsp3) is 0.600. The molecule has 0 N–H and O–H groups in total. The van der Waals surface area contributed by atoms with E-state index in [4.69, 9.17) is 0 Å². The van der Waals surface area contributed by atoms with E-state index in [1.165, 1.54) is 12.8 Å². The van der Waals surface area contributed by atoms with Gasteiger partial charge in [0, 0.05) is 5.25 Å². The number of fused-ring (bicyclic) bond motifs is 1. The van der Waals surface area contributed by atoms with Gasteiger partial charge in [0.25, 0.3) is 0 Å². The maximum Gasteiger partial charge on any atom is 0.0502 e. The summed E-state index contributed by atoms with van der Waals surface area (Å²) in [6.45, 7) is 4.54. The standard InChI is InChI=1S/C10H14S/c1-3-8-6-5-7-10(4-2)9(8)11-10/h5-7,9H,3-4H2,1-2H3. The average molecular weight is 166 g/mol. The van der Waals surface area contributed by atoms with Gasteiger partial charge in [0.1, 0.15) is 0 Å². The molecule has 1 heterocycles. The predicted octanol–water partition coefficient (Wildman–Crippen LogP) is 3.16. The molecule has 0 spiro atoms. The van der Waals surface area contributed by atoms with Gasteiger partial charge in [-0.1, -0.05) is 37.6 Å². The molecule has 1 aliphatic heterocycles. The molecule has 11 heavy (non-hydrogen) atoms. The minimum Gasteiger partial charge on any atom is -0.140 e. The molecule has 1 aliphatic carbocycles. The lowest BCUT2D eigenvalue weighted by Gasteiger charge is -2.11. The van der Waals surface area contributed by atoms with E-state index >= 15 is 0 Å². The molecular weight excluding hydrogens is 152 g/mol. The SMILES string of the molecule is CCC1=CC=CC2(CC)SC12. The van der Waals surface area contributed by atoms with Crippen LogP contribution >= 0.6 is 11.8 Å². The zero-order valence-electron chi connectivity index (χ0n) is 7.13. The minimum atomic E-state index is 0.528. The van der Waals surface area contributed by atoms with Crippen molar-refractivity contribution in [1.29, 1.82) is 0 Å². The minimum absolute atomic E-state index is 0.528. The third kappa shape index (κ3) is 0.978. The molecule has 0 amide bonds. The van der Waals surface area contributed by atoms with Crippen LogP contribution in [-0.4, -0.2) is 10.00 Å². The first-order valence-corrected chi connectivity index (χ1v) is 5.26. The van der Waals surface area contributed by atoms with E-state index in [9.17, 15) is 0 Å². The Bertz CT molecular complexity index is 227. The third-order valence-corrected chi connectivity index (χ3v) is 4.51. The summed E-state index contributed by atoms with van der Waals surface area (Å²) in [6, 6.07) is 0. The van der Waals surface area contributed by atoms with Crippen molar-refractivity contribution in [3.8, 4) is 0 Å². The molecule has 1 fully saturated rings. The number of hydrogen-bond acceptors (Lipinski definition) is 1. The van der Waals surface area contributed by atoms with Crippen molar-refractivity contribution in [1.82, 2.24) is 0 Å². The molecular formula is C10H14S. The first-order chi connectivity index (χ1) is 5.32. The van der Waals surface area contributed by atoms with Gasteiger partial charge in [0.15, 0.2) is 0 Å². The molecule has 0 bridgehead atoms. The lowest BCUT2D eigenvalue weighted by Crippen LogP contribution is -2.13. The van der Waals surface area contributed by atoms with Gasteiger partial charge in [-0.15, -0.1) is 11.8 Å². The molecule has 0 saturated carbocycles. The Morgan fingerprint density at radius 1 is 1.55 bits per heavy atom. The Hall–Kier alpha value is -0.170. The monoisotopic (exact) mass is 166 g/mol. The third-order valence-electron chi connectivity index (χ3n) is 2.71. The molecule has 2 aliphatic rings. The summed E-state index contributed by atoms with van der Waals surface area (Å²) < 4.78 is 0.528. The van der Waals surface area contributed by atoms with Crippen molar-refractivity contribution in [2.45, 2.75) is 36.7 Å². The van der Waals surface area contributed by atoms with Crippen molar-refractivity contribution in [2.75, 3.05) is 0 Å². The van der Waals surface area contributed by atoms with Crippen molar-refractivity contribution in [2.24, 2.45) is 0 Å². The summed E-state index contributed by atoms with van der Waals surface area (Å²) in [7, 11) is 0. The van der Waals surface area contributed by atoms with Crippen LogP contribution in [0.5, 0.6) is 0 Å². The molecule has 60 valence electrons. The van der Waals surface area contributed by atoms with Crippen LogP contribution in [0.3, 0.4) is 0 Å². The van der Waals surface area contributed by atoms with Gasteiger partial charge in [-0.2, -0.15) is 0 Å². The molecule has 0 nitrogen and oxygen atoms in total. The maximum atomic E-state index is 2.38. The van der Waals surface area contributed by atoms with Crippen LogP contribution in [0.1, 0.15) is 26.7 Å². The fourth-order valence-electron chi connectivity index (χ4n) is 1.81. The lowest BCUT2D eigenvalue weighted by molar-refractivity contribution is 0.748. The van der Waals surface area contributed by atoms with E-state index in [0.717, 1.165) is 5.25 Å². The summed E-state index contributed by atoms with van der Waals surface area (Å²) in [5.41, 5.74) is 1.64. The molecule has 1 heteroatoms. The van der Waals surface area contributed by atoms with Gasteiger partial charge >= 0.3 is 0 Å². The van der Waals surface area contributed by atoms with Crippen LogP contribution in [0.2, 0.25) is 0 Å². The number of hydrogen-bond donors (Lipinski definition) is 0. The molecule has 2 unspecified atom stereocenters. The van der Waals surface area contributed by atoms with Crippen molar-refractivity contribution in [3.05, 3.63) is 23.8 Å². The van der Waals surface area contributed by atoms with Crippen molar-refractivity contribution >= 4 is 11.8 Å². The fourth-order valence-corrected chi connectivity index (χ4v) is 3.30. The van der Waals surface area contributed by atoms with Crippen LogP contribution in [0.4, 0.5) is 0 Å². The van der Waals surface area contributed by atoms with Crippen LogP contribution in [0.15, 0.2) is 23.8 Å². The quantitative estimate of drug-likeness (QED) is 0.568. The largest absolute Gasteiger partial charge is 0.140 e. The Kier molecular flexibility index (Phi) is 1.64. The second-order valence-corrected chi connectivity index (χ2v) is 4.73. The van der Waals surface area contributed by atoms with Crippen LogP contribution in [0.25, 0.3) is 0 Å². The van der Waals surface area contributed by atoms with Gasteiger partial charge in [-0.25, -0.2) is 0 Å². The molecule has 0 radical (unpaired) electrons. The summed E-state index contributed by atoms with van der Waals surface area (Å²) in [4.78, 5) is 0. The Morgan fingerprint density at radius 2 is 2.36 bits per heavy atom. The van der Waals surface area contributed by atoms with Gasteiger partial charge in [-0.05, 0) is 12.8 Å². The highest BCUT2D eigenvalue weighted by atomic mass is 32.2. The highest BCUT2D eigenvalue weighted by molar-refractivity contribution is 8.09. The first kappa shape index (κ1) is 7.48. The lowest BCUT2D eigenvalue weighted by atomic mass is 9.91. The smallest absolute Gasteiger partial charge is 0.0502 e.